The molecule has 3 rings (SSSR count). The summed E-state index contributed by atoms with van der Waals surface area (Å²) in [6.45, 7) is 4.59. The highest BCUT2D eigenvalue weighted by Crippen LogP contribution is 2.22. The van der Waals surface area contributed by atoms with Gasteiger partial charge >= 0.3 is 5.97 Å². The molecule has 0 aliphatic carbocycles. The van der Waals surface area contributed by atoms with Crippen LogP contribution in [0.5, 0.6) is 11.5 Å². The minimum absolute atomic E-state index is 0.241. The first-order valence-electron chi connectivity index (χ1n) is 10.8. The molecule has 1 heterocycles. The van der Waals surface area contributed by atoms with Crippen molar-refractivity contribution in [2.75, 3.05) is 13.7 Å². The van der Waals surface area contributed by atoms with Crippen molar-refractivity contribution in [2.24, 2.45) is 11.0 Å². The van der Waals surface area contributed by atoms with E-state index in [2.05, 4.69) is 15.5 Å². The average Bonchev–Trinajstić information content (AvgIpc) is 2.86. The van der Waals surface area contributed by atoms with E-state index in [0.717, 1.165) is 11.1 Å². The predicted molar refractivity (Wildman–Crippen MR) is 128 cm³/mol. The van der Waals surface area contributed by atoms with E-state index < -0.39 is 0 Å². The summed E-state index contributed by atoms with van der Waals surface area (Å²) in [5.41, 5.74) is 4.98. The third-order valence-corrected chi connectivity index (χ3v) is 4.66. The molecule has 3 aromatic rings. The number of ether oxygens (including phenoxy) is 3. The highest BCUT2D eigenvalue weighted by molar-refractivity contribution is 5.94. The van der Waals surface area contributed by atoms with Gasteiger partial charge in [-0.3, -0.25) is 9.78 Å². The van der Waals surface area contributed by atoms with Crippen LogP contribution in [0.15, 0.2) is 72.1 Å². The number of nitrogens with one attached hydrogen (secondary N) is 1. The van der Waals surface area contributed by atoms with E-state index in [4.69, 9.17) is 14.2 Å². The van der Waals surface area contributed by atoms with Crippen molar-refractivity contribution in [1.82, 2.24) is 10.4 Å². The fraction of sp³-hybridized carbons (Fsp3) is 0.231. The van der Waals surface area contributed by atoms with E-state index in [1.54, 1.807) is 68.2 Å². The molecule has 1 aromatic heterocycles. The first-order chi connectivity index (χ1) is 16.5. The lowest BCUT2D eigenvalue weighted by Crippen LogP contribution is -2.17. The Morgan fingerprint density at radius 3 is 2.44 bits per heavy atom. The molecule has 0 unspecified atom stereocenters. The summed E-state index contributed by atoms with van der Waals surface area (Å²) in [6, 6.07) is 15.5. The zero-order chi connectivity index (χ0) is 24.3. The lowest BCUT2D eigenvalue weighted by molar-refractivity contribution is 0.0459. The highest BCUT2D eigenvalue weighted by atomic mass is 16.5. The van der Waals surface area contributed by atoms with Crippen molar-refractivity contribution < 1.29 is 23.8 Å². The summed E-state index contributed by atoms with van der Waals surface area (Å²) in [5, 5.41) is 4.01. The lowest BCUT2D eigenvalue weighted by atomic mass is 10.1. The summed E-state index contributed by atoms with van der Waals surface area (Å²) in [6.07, 6.45) is 4.63. The standard InChI is InChI=1S/C26H27N3O5/c1-18(2)16-34-26(31)21-5-7-23(8-6-21)33-17-22-14-19(4-9-24(22)32-3)15-28-29-25(30)20-10-12-27-13-11-20/h4-15,18H,16-17H2,1-3H3,(H,29,30)/b28-15-. The second kappa shape index (κ2) is 12.2. The molecule has 8 nitrogen and oxygen atoms in total. The van der Waals surface area contributed by atoms with Gasteiger partial charge in [0.15, 0.2) is 0 Å². The second-order valence-electron chi connectivity index (χ2n) is 7.81. The zero-order valence-electron chi connectivity index (χ0n) is 19.4. The summed E-state index contributed by atoms with van der Waals surface area (Å²) in [5.74, 6) is 0.857. The Labute approximate surface area is 198 Å². The molecule has 2 aromatic carbocycles. The van der Waals surface area contributed by atoms with E-state index in [1.165, 1.54) is 0 Å². The van der Waals surface area contributed by atoms with Gasteiger partial charge in [-0.05, 0) is 66.1 Å². The first-order valence-corrected chi connectivity index (χ1v) is 10.8. The average molecular weight is 462 g/mol. The van der Waals surface area contributed by atoms with Gasteiger partial charge in [0.1, 0.15) is 18.1 Å². The van der Waals surface area contributed by atoms with Gasteiger partial charge in [-0.15, -0.1) is 0 Å². The molecule has 0 atom stereocenters. The van der Waals surface area contributed by atoms with Gasteiger partial charge in [0, 0.05) is 23.5 Å². The number of hydrogen-bond acceptors (Lipinski definition) is 7. The first kappa shape index (κ1) is 24.4. The number of hydrazone groups is 1. The van der Waals surface area contributed by atoms with Gasteiger partial charge in [0.05, 0.1) is 25.5 Å². The fourth-order valence-corrected chi connectivity index (χ4v) is 2.90. The highest BCUT2D eigenvalue weighted by Gasteiger charge is 2.10. The van der Waals surface area contributed by atoms with Gasteiger partial charge in [-0.2, -0.15) is 5.10 Å². The summed E-state index contributed by atoms with van der Waals surface area (Å²) in [7, 11) is 1.58. The van der Waals surface area contributed by atoms with Crippen molar-refractivity contribution in [3.63, 3.8) is 0 Å². The molecule has 0 fully saturated rings. The number of carbonyl (C=O) groups is 2. The molecule has 0 radical (unpaired) electrons. The molecule has 0 saturated carbocycles. The number of hydrogen-bond donors (Lipinski definition) is 1. The topological polar surface area (TPSA) is 99.1 Å². The van der Waals surface area contributed by atoms with Crippen LogP contribution in [-0.2, 0) is 11.3 Å². The van der Waals surface area contributed by atoms with Gasteiger partial charge in [0.2, 0.25) is 0 Å². The summed E-state index contributed by atoms with van der Waals surface area (Å²) in [4.78, 5) is 28.0. The quantitative estimate of drug-likeness (QED) is 0.275. The van der Waals surface area contributed by atoms with Crippen LogP contribution in [0.2, 0.25) is 0 Å². The number of methoxy groups -OCH3 is 1. The molecule has 0 bridgehead atoms. The molecule has 1 amide bonds. The Morgan fingerprint density at radius 2 is 1.76 bits per heavy atom. The number of benzene rings is 2. The minimum atomic E-state index is -0.357. The number of carbonyl (C=O) groups excluding carboxylic acids is 2. The number of aromatic nitrogens is 1. The van der Waals surface area contributed by atoms with E-state index >= 15 is 0 Å². The molecule has 176 valence electrons. The SMILES string of the molecule is COc1ccc(/C=N\NC(=O)c2ccncc2)cc1COc1ccc(C(=O)OCC(C)C)cc1. The molecule has 0 spiro atoms. The fourth-order valence-electron chi connectivity index (χ4n) is 2.90. The van der Waals surface area contributed by atoms with E-state index in [-0.39, 0.29) is 24.4 Å². The molecule has 34 heavy (non-hydrogen) atoms. The van der Waals surface area contributed by atoms with E-state index in [9.17, 15) is 9.59 Å². The number of amides is 1. The zero-order valence-corrected chi connectivity index (χ0v) is 19.4. The minimum Gasteiger partial charge on any atom is -0.496 e. The van der Waals surface area contributed by atoms with Crippen LogP contribution in [0.1, 0.15) is 45.7 Å². The van der Waals surface area contributed by atoms with Crippen molar-refractivity contribution in [1.29, 1.82) is 0 Å². The van der Waals surface area contributed by atoms with Gasteiger partial charge in [0.25, 0.3) is 5.91 Å². The smallest absolute Gasteiger partial charge is 0.338 e. The maximum Gasteiger partial charge on any atom is 0.338 e. The lowest BCUT2D eigenvalue weighted by Gasteiger charge is -2.12. The van der Waals surface area contributed by atoms with Crippen LogP contribution in [0.4, 0.5) is 0 Å². The monoisotopic (exact) mass is 461 g/mol. The van der Waals surface area contributed by atoms with Crippen LogP contribution >= 0.6 is 0 Å². The summed E-state index contributed by atoms with van der Waals surface area (Å²) < 4.78 is 16.5. The maximum absolute atomic E-state index is 12.1. The molecule has 1 N–H and O–H groups in total. The summed E-state index contributed by atoms with van der Waals surface area (Å²) >= 11 is 0. The third-order valence-electron chi connectivity index (χ3n) is 4.66. The largest absolute Gasteiger partial charge is 0.496 e. The van der Waals surface area contributed by atoms with E-state index in [0.29, 0.717) is 29.2 Å². The normalized spacial score (nSPS) is 10.8. The molecular weight excluding hydrogens is 434 g/mol. The maximum atomic E-state index is 12.1. The number of esters is 1. The Kier molecular flexibility index (Phi) is 8.73. The van der Waals surface area contributed by atoms with E-state index in [1.807, 2.05) is 26.0 Å². The van der Waals surface area contributed by atoms with Crippen LogP contribution in [-0.4, -0.2) is 36.8 Å². The Balaban J connectivity index is 1.60. The van der Waals surface area contributed by atoms with Crippen molar-refractivity contribution in [3.8, 4) is 11.5 Å². The van der Waals surface area contributed by atoms with Crippen molar-refractivity contribution >= 4 is 18.1 Å². The molecule has 8 heteroatoms. The second-order valence-corrected chi connectivity index (χ2v) is 7.81. The Bertz CT molecular complexity index is 1130. The number of pyridine rings is 1. The molecule has 0 saturated heterocycles. The van der Waals surface area contributed by atoms with Gasteiger partial charge in [-0.25, -0.2) is 10.2 Å². The van der Waals surface area contributed by atoms with Crippen LogP contribution < -0.4 is 14.9 Å². The van der Waals surface area contributed by atoms with Crippen LogP contribution in [0.25, 0.3) is 0 Å². The van der Waals surface area contributed by atoms with Crippen molar-refractivity contribution in [3.05, 3.63) is 89.2 Å². The van der Waals surface area contributed by atoms with Crippen LogP contribution in [0.3, 0.4) is 0 Å². The Morgan fingerprint density at radius 1 is 1.03 bits per heavy atom. The Hall–Kier alpha value is -4.20. The molecule has 0 aliphatic heterocycles. The number of rotatable bonds is 10. The third kappa shape index (κ3) is 7.16. The van der Waals surface area contributed by atoms with Crippen LogP contribution in [0, 0.1) is 5.92 Å². The van der Waals surface area contributed by atoms with Gasteiger partial charge < -0.3 is 14.2 Å². The van der Waals surface area contributed by atoms with Crippen molar-refractivity contribution in [2.45, 2.75) is 20.5 Å². The number of nitrogens with zero attached hydrogens (tertiary/aromatic N) is 2. The molecule has 0 aliphatic rings. The predicted octanol–water partition coefficient (Wildman–Crippen LogP) is 4.25. The molecular formula is C26H27N3O5. The van der Waals surface area contributed by atoms with Gasteiger partial charge in [-0.1, -0.05) is 13.8 Å².